The Morgan fingerprint density at radius 2 is 1.73 bits per heavy atom. The number of fused-ring (bicyclic) bond motifs is 1. The van der Waals surface area contributed by atoms with Crippen molar-refractivity contribution < 1.29 is 14.5 Å². The van der Waals surface area contributed by atoms with Gasteiger partial charge in [-0.05, 0) is 54.1 Å². The average Bonchev–Trinajstić information content (AvgIpc) is 2.74. The van der Waals surface area contributed by atoms with Crippen LogP contribution in [0, 0.1) is 10.1 Å². The zero-order valence-electron chi connectivity index (χ0n) is 17.0. The summed E-state index contributed by atoms with van der Waals surface area (Å²) in [6.07, 6.45) is 0. The number of nitro benzene ring substituents is 1. The van der Waals surface area contributed by atoms with Crippen molar-refractivity contribution in [3.05, 3.63) is 76.3 Å². The highest BCUT2D eigenvalue weighted by Gasteiger charge is 2.17. The van der Waals surface area contributed by atoms with E-state index in [1.54, 1.807) is 6.92 Å². The molecule has 0 saturated heterocycles. The summed E-state index contributed by atoms with van der Waals surface area (Å²) in [6.45, 7) is 1.89. The van der Waals surface area contributed by atoms with Crippen molar-refractivity contribution in [1.29, 1.82) is 0 Å². The maximum Gasteiger partial charge on any atom is 0.359 e. The topological polar surface area (TPSA) is 97.1 Å². The molecule has 0 bridgehead atoms. The van der Waals surface area contributed by atoms with E-state index in [4.69, 9.17) is 4.74 Å². The van der Waals surface area contributed by atoms with Crippen LogP contribution in [0.5, 0.6) is 0 Å². The lowest BCUT2D eigenvalue weighted by Crippen LogP contribution is -2.20. The molecule has 0 aliphatic carbocycles. The number of esters is 1. The second-order valence-electron chi connectivity index (χ2n) is 6.74. The summed E-state index contributed by atoms with van der Waals surface area (Å²) in [4.78, 5) is 24.8. The zero-order valence-corrected chi connectivity index (χ0v) is 17.0. The van der Waals surface area contributed by atoms with Gasteiger partial charge >= 0.3 is 5.97 Å². The molecule has 0 radical (unpaired) electrons. The van der Waals surface area contributed by atoms with Crippen LogP contribution in [0.4, 0.5) is 17.1 Å². The third kappa shape index (κ3) is 4.72. The fraction of sp³-hybridized carbons (Fsp3) is 0.182. The third-order valence-corrected chi connectivity index (χ3v) is 4.46. The molecule has 8 nitrogen and oxygen atoms in total. The van der Waals surface area contributed by atoms with Crippen molar-refractivity contribution >= 4 is 39.5 Å². The summed E-state index contributed by atoms with van der Waals surface area (Å²) in [7, 11) is 3.97. The number of ether oxygens (including phenoxy) is 1. The Balaban J connectivity index is 1.90. The highest BCUT2D eigenvalue weighted by Crippen LogP contribution is 2.24. The number of rotatable bonds is 7. The first-order valence-electron chi connectivity index (χ1n) is 9.36. The van der Waals surface area contributed by atoms with Gasteiger partial charge in [0.15, 0.2) is 5.71 Å². The van der Waals surface area contributed by atoms with E-state index in [1.165, 1.54) is 24.3 Å². The van der Waals surface area contributed by atoms with E-state index in [1.807, 2.05) is 49.3 Å². The Bertz CT molecular complexity index is 1110. The Morgan fingerprint density at radius 3 is 2.37 bits per heavy atom. The van der Waals surface area contributed by atoms with Gasteiger partial charge in [0.1, 0.15) is 0 Å². The number of nitro groups is 1. The molecular weight excluding hydrogens is 384 g/mol. The van der Waals surface area contributed by atoms with Crippen molar-refractivity contribution in [3.63, 3.8) is 0 Å². The number of anilines is 2. The van der Waals surface area contributed by atoms with Crippen LogP contribution in [-0.2, 0) is 9.53 Å². The Morgan fingerprint density at radius 1 is 1.07 bits per heavy atom. The summed E-state index contributed by atoms with van der Waals surface area (Å²) >= 11 is 0. The molecule has 154 valence electrons. The summed E-state index contributed by atoms with van der Waals surface area (Å²) in [5.74, 6) is -0.615. The van der Waals surface area contributed by atoms with Crippen LogP contribution in [0.1, 0.15) is 12.5 Å². The van der Waals surface area contributed by atoms with Crippen molar-refractivity contribution in [2.75, 3.05) is 31.0 Å². The number of benzene rings is 3. The molecule has 0 unspecified atom stereocenters. The molecule has 0 aromatic heterocycles. The summed E-state index contributed by atoms with van der Waals surface area (Å²) in [5, 5.41) is 17.2. The largest absolute Gasteiger partial charge is 0.461 e. The van der Waals surface area contributed by atoms with Crippen LogP contribution >= 0.6 is 0 Å². The van der Waals surface area contributed by atoms with Gasteiger partial charge in [0.05, 0.1) is 17.2 Å². The van der Waals surface area contributed by atoms with E-state index < -0.39 is 10.9 Å². The van der Waals surface area contributed by atoms with Crippen LogP contribution < -0.4 is 10.3 Å². The van der Waals surface area contributed by atoms with E-state index in [2.05, 4.69) is 16.6 Å². The minimum atomic E-state index is -0.615. The van der Waals surface area contributed by atoms with Crippen molar-refractivity contribution in [2.24, 2.45) is 5.10 Å². The number of carbonyl (C=O) groups excluding carboxylic acids is 1. The van der Waals surface area contributed by atoms with E-state index in [0.29, 0.717) is 11.3 Å². The molecule has 3 aromatic carbocycles. The molecule has 0 fully saturated rings. The smallest absolute Gasteiger partial charge is 0.359 e. The molecule has 0 aliphatic rings. The summed E-state index contributed by atoms with van der Waals surface area (Å²) < 4.78 is 5.08. The molecule has 1 N–H and O–H groups in total. The van der Waals surface area contributed by atoms with Gasteiger partial charge in [-0.25, -0.2) is 4.79 Å². The molecule has 0 aliphatic heterocycles. The van der Waals surface area contributed by atoms with Gasteiger partial charge in [-0.1, -0.05) is 12.1 Å². The number of hydrogen-bond acceptors (Lipinski definition) is 7. The molecule has 30 heavy (non-hydrogen) atoms. The predicted molar refractivity (Wildman–Crippen MR) is 118 cm³/mol. The van der Waals surface area contributed by atoms with E-state index in [9.17, 15) is 14.9 Å². The molecule has 0 heterocycles. The van der Waals surface area contributed by atoms with Gasteiger partial charge in [0, 0.05) is 37.5 Å². The molecule has 0 amide bonds. The van der Waals surface area contributed by atoms with Gasteiger partial charge in [0.2, 0.25) is 0 Å². The van der Waals surface area contributed by atoms with Crippen molar-refractivity contribution in [3.8, 4) is 0 Å². The minimum Gasteiger partial charge on any atom is -0.461 e. The van der Waals surface area contributed by atoms with Gasteiger partial charge in [-0.15, -0.1) is 0 Å². The average molecular weight is 406 g/mol. The first-order valence-corrected chi connectivity index (χ1v) is 9.36. The Kier molecular flexibility index (Phi) is 6.26. The van der Waals surface area contributed by atoms with E-state index in [-0.39, 0.29) is 18.0 Å². The molecule has 0 spiro atoms. The minimum absolute atomic E-state index is 0.0369. The monoisotopic (exact) mass is 406 g/mol. The van der Waals surface area contributed by atoms with Crippen molar-refractivity contribution in [2.45, 2.75) is 6.92 Å². The third-order valence-electron chi connectivity index (χ3n) is 4.46. The standard InChI is InChI=1S/C22H22N4O4/c1-4-30-22(27)21(15-6-10-19(11-7-15)26(28)29)24-23-18-9-5-17-14-20(25(2)3)12-8-16(17)13-18/h5-14,23H,4H2,1-3H3/b24-21-. The maximum absolute atomic E-state index is 12.4. The predicted octanol–water partition coefficient (Wildman–Crippen LogP) is 4.19. The molecule has 3 rings (SSSR count). The number of carbonyl (C=O) groups is 1. The Hall–Kier alpha value is -3.94. The Labute approximate surface area is 173 Å². The van der Waals surface area contributed by atoms with Gasteiger partial charge in [-0.3, -0.25) is 15.5 Å². The summed E-state index contributed by atoms with van der Waals surface area (Å²) in [5.41, 5.74) is 5.08. The SMILES string of the molecule is CCOC(=O)/C(=N\Nc1ccc2cc(N(C)C)ccc2c1)c1ccc([N+](=O)[O-])cc1. The molecule has 0 saturated carbocycles. The second kappa shape index (κ2) is 9.04. The maximum atomic E-state index is 12.4. The summed E-state index contributed by atoms with van der Waals surface area (Å²) in [6, 6.07) is 17.5. The number of hydrogen-bond donors (Lipinski definition) is 1. The first kappa shape index (κ1) is 20.8. The molecule has 3 aromatic rings. The van der Waals surface area contributed by atoms with E-state index in [0.717, 1.165) is 16.5 Å². The quantitative estimate of drug-likeness (QED) is 0.273. The van der Waals surface area contributed by atoms with Gasteiger partial charge in [-0.2, -0.15) is 5.10 Å². The molecular formula is C22H22N4O4. The highest BCUT2D eigenvalue weighted by molar-refractivity contribution is 6.43. The van der Waals surface area contributed by atoms with Crippen LogP contribution in [0.3, 0.4) is 0 Å². The molecule has 8 heteroatoms. The van der Waals surface area contributed by atoms with Crippen LogP contribution in [-0.4, -0.2) is 37.3 Å². The number of nitrogens with one attached hydrogen (secondary N) is 1. The normalized spacial score (nSPS) is 11.2. The van der Waals surface area contributed by atoms with E-state index >= 15 is 0 Å². The fourth-order valence-electron chi connectivity index (χ4n) is 2.87. The van der Waals surface area contributed by atoms with Gasteiger partial charge in [0.25, 0.3) is 5.69 Å². The lowest BCUT2D eigenvalue weighted by molar-refractivity contribution is -0.384. The highest BCUT2D eigenvalue weighted by atomic mass is 16.6. The van der Waals surface area contributed by atoms with Crippen LogP contribution in [0.25, 0.3) is 10.8 Å². The number of non-ortho nitro benzene ring substituents is 1. The zero-order chi connectivity index (χ0) is 21.7. The fourth-order valence-corrected chi connectivity index (χ4v) is 2.87. The van der Waals surface area contributed by atoms with Crippen molar-refractivity contribution in [1.82, 2.24) is 0 Å². The lowest BCUT2D eigenvalue weighted by Gasteiger charge is -2.13. The molecule has 0 atom stereocenters. The second-order valence-corrected chi connectivity index (χ2v) is 6.74. The van der Waals surface area contributed by atoms with Crippen LogP contribution in [0.15, 0.2) is 65.8 Å². The number of nitrogens with zero attached hydrogens (tertiary/aromatic N) is 3. The number of hydrazone groups is 1. The van der Waals surface area contributed by atoms with Crippen LogP contribution in [0.2, 0.25) is 0 Å². The van der Waals surface area contributed by atoms with Gasteiger partial charge < -0.3 is 9.64 Å². The lowest BCUT2D eigenvalue weighted by atomic mass is 10.1. The first-order chi connectivity index (χ1) is 14.4.